The molecule has 0 bridgehead atoms. The van der Waals surface area contributed by atoms with E-state index < -0.39 is 12.1 Å². The molecule has 0 radical (unpaired) electrons. The Kier molecular flexibility index (Phi) is 53.1. The summed E-state index contributed by atoms with van der Waals surface area (Å²) in [5.74, 6) is -0.0914. The van der Waals surface area contributed by atoms with Crippen molar-refractivity contribution in [2.75, 3.05) is 13.2 Å². The van der Waals surface area contributed by atoms with Crippen LogP contribution in [-0.4, -0.2) is 47.4 Å². The highest BCUT2D eigenvalue weighted by atomic mass is 16.5. The summed E-state index contributed by atoms with van der Waals surface area (Å²) in [6.07, 6.45) is 67.0. The molecule has 0 rings (SSSR count). The van der Waals surface area contributed by atoms with E-state index in [4.69, 9.17) is 4.74 Å². The summed E-state index contributed by atoms with van der Waals surface area (Å²) in [6, 6.07) is -0.564. The van der Waals surface area contributed by atoms with Crippen LogP contribution in [0.2, 0.25) is 0 Å². The van der Waals surface area contributed by atoms with Crippen LogP contribution in [0.5, 0.6) is 0 Å². The van der Waals surface area contributed by atoms with Gasteiger partial charge in [-0.15, -0.1) is 0 Å². The number of hydrogen-bond donors (Lipinski definition) is 3. The van der Waals surface area contributed by atoms with E-state index in [-0.39, 0.29) is 18.5 Å². The molecule has 6 nitrogen and oxygen atoms in total. The number of unbranched alkanes of at least 4 members (excludes halogenated alkanes) is 36. The van der Waals surface area contributed by atoms with Crippen molar-refractivity contribution < 1.29 is 24.5 Å². The van der Waals surface area contributed by atoms with E-state index in [0.717, 1.165) is 83.5 Å². The monoisotopic (exact) mass is 914 g/mol. The first-order chi connectivity index (χ1) is 32.0. The average molecular weight is 915 g/mol. The first-order valence-electron chi connectivity index (χ1n) is 28.7. The summed E-state index contributed by atoms with van der Waals surface area (Å²) in [5, 5.41) is 23.3. The van der Waals surface area contributed by atoms with Gasteiger partial charge in [0, 0.05) is 12.8 Å². The zero-order valence-corrected chi connectivity index (χ0v) is 43.5. The van der Waals surface area contributed by atoms with Crippen LogP contribution in [0, 0.1) is 0 Å². The van der Waals surface area contributed by atoms with Crippen molar-refractivity contribution in [2.45, 2.75) is 315 Å². The first-order valence-corrected chi connectivity index (χ1v) is 28.7. The maximum absolute atomic E-state index is 12.5. The lowest BCUT2D eigenvalue weighted by Gasteiger charge is -2.22. The number of aliphatic hydroxyl groups is 2. The number of rotatable bonds is 53. The van der Waals surface area contributed by atoms with Crippen molar-refractivity contribution in [1.82, 2.24) is 5.32 Å². The van der Waals surface area contributed by atoms with E-state index in [0.29, 0.717) is 25.9 Å². The third-order valence-corrected chi connectivity index (χ3v) is 13.1. The average Bonchev–Trinajstić information content (AvgIpc) is 3.31. The van der Waals surface area contributed by atoms with Crippen LogP contribution in [0.1, 0.15) is 303 Å². The number of aliphatic hydroxyl groups excluding tert-OH is 2. The number of allylic oxidation sites excluding steroid dienone is 6. The third-order valence-electron chi connectivity index (χ3n) is 13.1. The quantitative estimate of drug-likeness (QED) is 0.0321. The summed E-state index contributed by atoms with van der Waals surface area (Å²) in [5.41, 5.74) is 0. The minimum absolute atomic E-state index is 0.0276. The number of carbonyl (C=O) groups excluding carboxylic acids is 2. The fourth-order valence-electron chi connectivity index (χ4n) is 8.73. The molecule has 0 saturated carbocycles. The second-order valence-electron chi connectivity index (χ2n) is 19.6. The molecule has 0 aliphatic heterocycles. The Hall–Kier alpha value is -1.92. The van der Waals surface area contributed by atoms with E-state index >= 15 is 0 Å². The molecule has 0 aliphatic carbocycles. The highest BCUT2D eigenvalue weighted by Crippen LogP contribution is 2.17. The number of nitrogens with one attached hydrogen (secondary N) is 1. The van der Waals surface area contributed by atoms with Crippen LogP contribution >= 0.6 is 0 Å². The number of hydrogen-bond acceptors (Lipinski definition) is 5. The minimum atomic E-state index is -0.683. The highest BCUT2D eigenvalue weighted by molar-refractivity contribution is 5.76. The zero-order chi connectivity index (χ0) is 47.2. The highest BCUT2D eigenvalue weighted by Gasteiger charge is 2.20. The summed E-state index contributed by atoms with van der Waals surface area (Å²) in [6.45, 7) is 4.85. The fraction of sp³-hybridized carbons (Fsp3) is 0.864. The molecular weight excluding hydrogens is 803 g/mol. The van der Waals surface area contributed by atoms with Crippen LogP contribution in [0.15, 0.2) is 36.5 Å². The van der Waals surface area contributed by atoms with Gasteiger partial charge in [0.15, 0.2) is 0 Å². The summed E-state index contributed by atoms with van der Waals surface area (Å²) >= 11 is 0. The van der Waals surface area contributed by atoms with Crippen LogP contribution in [0.25, 0.3) is 0 Å². The fourth-order valence-corrected chi connectivity index (χ4v) is 8.73. The predicted octanol–water partition coefficient (Wildman–Crippen LogP) is 17.6. The van der Waals surface area contributed by atoms with Gasteiger partial charge in [0.2, 0.25) is 5.91 Å². The first kappa shape index (κ1) is 63.1. The summed E-state index contributed by atoms with van der Waals surface area (Å²) < 4.78 is 5.44. The lowest BCUT2D eigenvalue weighted by Crippen LogP contribution is -2.45. The largest absolute Gasteiger partial charge is 0.466 e. The smallest absolute Gasteiger partial charge is 0.305 e. The maximum atomic E-state index is 12.5. The topological polar surface area (TPSA) is 95.9 Å². The van der Waals surface area contributed by atoms with E-state index in [1.807, 2.05) is 0 Å². The van der Waals surface area contributed by atoms with Gasteiger partial charge in [-0.25, -0.2) is 0 Å². The van der Waals surface area contributed by atoms with Gasteiger partial charge in [-0.05, 0) is 77.0 Å². The molecule has 382 valence electrons. The second kappa shape index (κ2) is 54.7. The molecule has 6 heteroatoms. The third kappa shape index (κ3) is 51.3. The van der Waals surface area contributed by atoms with Gasteiger partial charge in [0.1, 0.15) is 0 Å². The van der Waals surface area contributed by atoms with Crippen LogP contribution in [0.3, 0.4) is 0 Å². The molecular formula is C59H111NO5. The summed E-state index contributed by atoms with van der Waals surface area (Å²) in [4.78, 5) is 24.5. The Bertz CT molecular complexity index is 1060. The molecule has 0 saturated heterocycles. The molecule has 0 aliphatic rings. The van der Waals surface area contributed by atoms with Gasteiger partial charge in [-0.2, -0.15) is 0 Å². The van der Waals surface area contributed by atoms with E-state index in [1.165, 1.54) is 186 Å². The minimum Gasteiger partial charge on any atom is -0.466 e. The molecule has 3 N–H and O–H groups in total. The van der Waals surface area contributed by atoms with Gasteiger partial charge in [-0.1, -0.05) is 249 Å². The molecule has 0 spiro atoms. The van der Waals surface area contributed by atoms with Crippen LogP contribution in [0.4, 0.5) is 0 Å². The number of amides is 1. The van der Waals surface area contributed by atoms with Crippen molar-refractivity contribution in [1.29, 1.82) is 0 Å². The number of carbonyl (C=O) groups is 2. The Morgan fingerprint density at radius 2 is 0.800 bits per heavy atom. The predicted molar refractivity (Wildman–Crippen MR) is 283 cm³/mol. The van der Waals surface area contributed by atoms with Crippen molar-refractivity contribution >= 4 is 11.9 Å². The molecule has 0 aromatic carbocycles. The van der Waals surface area contributed by atoms with Crippen LogP contribution in [-0.2, 0) is 14.3 Å². The van der Waals surface area contributed by atoms with Gasteiger partial charge in [0.25, 0.3) is 0 Å². The number of ether oxygens (including phenoxy) is 1. The van der Waals surface area contributed by atoms with E-state index in [9.17, 15) is 19.8 Å². The number of esters is 1. The molecule has 2 unspecified atom stereocenters. The molecule has 0 aromatic heterocycles. The van der Waals surface area contributed by atoms with Gasteiger partial charge in [-0.3, -0.25) is 9.59 Å². The molecule has 0 fully saturated rings. The van der Waals surface area contributed by atoms with Crippen molar-refractivity contribution in [3.8, 4) is 0 Å². The second-order valence-corrected chi connectivity index (χ2v) is 19.6. The lowest BCUT2D eigenvalue weighted by atomic mass is 10.0. The van der Waals surface area contributed by atoms with Gasteiger partial charge >= 0.3 is 5.97 Å². The Labute approximate surface area is 404 Å². The van der Waals surface area contributed by atoms with Crippen molar-refractivity contribution in [3.63, 3.8) is 0 Å². The molecule has 1 amide bonds. The van der Waals surface area contributed by atoms with E-state index in [2.05, 4.69) is 55.6 Å². The van der Waals surface area contributed by atoms with E-state index in [1.54, 1.807) is 0 Å². The van der Waals surface area contributed by atoms with Crippen molar-refractivity contribution in [3.05, 3.63) is 36.5 Å². The Morgan fingerprint density at radius 1 is 0.431 bits per heavy atom. The summed E-state index contributed by atoms with van der Waals surface area (Å²) in [7, 11) is 0. The Morgan fingerprint density at radius 3 is 1.26 bits per heavy atom. The van der Waals surface area contributed by atoms with Crippen molar-refractivity contribution in [2.24, 2.45) is 0 Å². The SMILES string of the molecule is CCC/C=C\C/C=C\CCCCCCCC(=O)OCCCCCCCC/C=C\CCCCCC(=O)NC(CO)C(O)CCCCCCCCCCCCCCCCCCCCCCCC. The maximum Gasteiger partial charge on any atom is 0.305 e. The molecule has 0 heterocycles. The molecule has 2 atom stereocenters. The Balaban J connectivity index is 3.50. The zero-order valence-electron chi connectivity index (χ0n) is 43.5. The molecule has 65 heavy (non-hydrogen) atoms. The standard InChI is InChI=1S/C59H111NO5/c1-3-5-7-9-11-13-15-17-18-19-20-21-22-23-24-25-28-31-35-39-43-47-51-57(62)56(55-61)60-58(63)52-48-44-40-36-32-29-26-30-34-38-42-46-50-54-65-59(64)53-49-45-41-37-33-27-16-14-12-10-8-6-4-2/h8,10,14,16,29,32,56-57,61-62H,3-7,9,11-13,15,17-28,30-31,33-55H2,1-2H3,(H,60,63)/b10-8-,16-14-,32-29-. The molecule has 0 aromatic rings. The normalized spacial score (nSPS) is 12.9. The lowest BCUT2D eigenvalue weighted by molar-refractivity contribution is -0.143. The van der Waals surface area contributed by atoms with Gasteiger partial charge in [0.05, 0.1) is 25.4 Å². The van der Waals surface area contributed by atoms with Crippen LogP contribution < -0.4 is 5.32 Å². The van der Waals surface area contributed by atoms with Gasteiger partial charge < -0.3 is 20.3 Å².